The number of carbonyl (C=O) groups excluding carboxylic acids is 2. The van der Waals surface area contributed by atoms with Gasteiger partial charge in [0.1, 0.15) is 12.4 Å². The van der Waals surface area contributed by atoms with E-state index in [0.717, 1.165) is 36.3 Å². The Morgan fingerprint density at radius 3 is 2.46 bits per heavy atom. The third-order valence-corrected chi connectivity index (χ3v) is 5.64. The number of hydrogen-bond donors (Lipinski definition) is 2. The molecule has 2 aromatic rings. The summed E-state index contributed by atoms with van der Waals surface area (Å²) < 4.78 is 11.2. The van der Waals surface area contributed by atoms with Crippen molar-refractivity contribution < 1.29 is 29.0 Å². The van der Waals surface area contributed by atoms with Crippen molar-refractivity contribution in [1.29, 1.82) is 0 Å². The van der Waals surface area contributed by atoms with Crippen molar-refractivity contribution in [3.05, 3.63) is 53.6 Å². The number of unbranched alkanes of at least 4 members (excludes halogenated alkanes) is 1. The lowest BCUT2D eigenvalue weighted by molar-refractivity contribution is -0.132. The molecular weight excluding hydrogens is 448 g/mol. The monoisotopic (exact) mass is 480 g/mol. The van der Waals surface area contributed by atoms with Crippen LogP contribution < -0.4 is 15.0 Å². The van der Waals surface area contributed by atoms with Crippen LogP contribution in [0.15, 0.2) is 48.0 Å². The minimum absolute atomic E-state index is 0.149. The summed E-state index contributed by atoms with van der Waals surface area (Å²) in [6.07, 6.45) is 3.96. The Labute approximate surface area is 205 Å². The largest absolute Gasteiger partial charge is 0.491 e. The van der Waals surface area contributed by atoms with Gasteiger partial charge < -0.3 is 24.8 Å². The number of anilines is 1. The molecule has 0 aliphatic carbocycles. The van der Waals surface area contributed by atoms with Gasteiger partial charge in [-0.15, -0.1) is 0 Å². The maximum atomic E-state index is 12.8. The summed E-state index contributed by atoms with van der Waals surface area (Å²) in [5, 5.41) is 12.1. The minimum Gasteiger partial charge on any atom is -0.491 e. The van der Waals surface area contributed by atoms with Gasteiger partial charge in [0.2, 0.25) is 11.8 Å². The van der Waals surface area contributed by atoms with E-state index in [4.69, 9.17) is 9.47 Å². The first-order valence-corrected chi connectivity index (χ1v) is 11.8. The molecule has 186 valence electrons. The van der Waals surface area contributed by atoms with Crippen molar-refractivity contribution in [2.45, 2.75) is 33.1 Å². The van der Waals surface area contributed by atoms with Gasteiger partial charge in [-0.2, -0.15) is 0 Å². The predicted octanol–water partition coefficient (Wildman–Crippen LogP) is 3.89. The Hall–Kier alpha value is -3.65. The molecule has 0 bridgehead atoms. The van der Waals surface area contributed by atoms with Crippen LogP contribution in [0.2, 0.25) is 0 Å². The number of amides is 2. The summed E-state index contributed by atoms with van der Waals surface area (Å²) in [5.41, 5.74) is 3.30. The number of hydrogen-bond acceptors (Lipinski definition) is 5. The maximum Gasteiger partial charge on any atom is 0.331 e. The van der Waals surface area contributed by atoms with Gasteiger partial charge >= 0.3 is 5.97 Å². The van der Waals surface area contributed by atoms with E-state index < -0.39 is 5.97 Å². The lowest BCUT2D eigenvalue weighted by Crippen LogP contribution is -2.40. The zero-order valence-corrected chi connectivity index (χ0v) is 20.2. The molecule has 0 radical (unpaired) electrons. The zero-order valence-electron chi connectivity index (χ0n) is 20.2. The molecule has 2 aromatic carbocycles. The van der Waals surface area contributed by atoms with E-state index in [1.54, 1.807) is 6.08 Å². The van der Waals surface area contributed by atoms with Crippen molar-refractivity contribution >= 4 is 29.5 Å². The third-order valence-electron chi connectivity index (χ3n) is 5.64. The number of carboxylic acid groups (broad SMARTS) is 1. The molecule has 3 rings (SSSR count). The highest BCUT2D eigenvalue weighted by atomic mass is 16.5. The standard InChI is InChI=1S/C27H32N2O6/c1-3-4-13-34-14-15-35-24-8-5-20(6-9-24)21-7-10-25-23(16-21)17-22(27(32)33)11-12-29(25)26(31)18-28-19(2)30/h5-10,16-17H,3-4,11-15,18H2,1-2H3,(H,28,30)(H,32,33). The van der Waals surface area contributed by atoms with Crippen molar-refractivity contribution in [1.82, 2.24) is 5.32 Å². The van der Waals surface area contributed by atoms with Crippen LogP contribution >= 0.6 is 0 Å². The van der Waals surface area contributed by atoms with Gasteiger partial charge in [-0.25, -0.2) is 4.79 Å². The first-order valence-electron chi connectivity index (χ1n) is 11.8. The average Bonchev–Trinajstić information content (AvgIpc) is 3.04. The molecule has 0 fully saturated rings. The summed E-state index contributed by atoms with van der Waals surface area (Å²) in [5.74, 6) is -0.873. The number of ether oxygens (including phenoxy) is 2. The van der Waals surface area contributed by atoms with Crippen molar-refractivity contribution in [3.8, 4) is 16.9 Å². The molecule has 0 aromatic heterocycles. The molecule has 8 heteroatoms. The highest BCUT2D eigenvalue weighted by Crippen LogP contribution is 2.33. The Morgan fingerprint density at radius 2 is 1.77 bits per heavy atom. The molecule has 0 spiro atoms. The Balaban J connectivity index is 1.77. The Bertz CT molecular complexity index is 1080. The number of carboxylic acids is 1. The number of nitrogens with one attached hydrogen (secondary N) is 1. The van der Waals surface area contributed by atoms with Gasteiger partial charge in [0.25, 0.3) is 0 Å². The normalized spacial score (nSPS) is 12.9. The molecule has 0 saturated heterocycles. The number of nitrogens with zero attached hydrogens (tertiary/aromatic N) is 1. The maximum absolute atomic E-state index is 12.8. The van der Waals surface area contributed by atoms with E-state index in [0.29, 0.717) is 24.5 Å². The molecule has 2 N–H and O–H groups in total. The van der Waals surface area contributed by atoms with Crippen LogP contribution in [0.5, 0.6) is 5.75 Å². The highest BCUT2D eigenvalue weighted by molar-refractivity contribution is 6.02. The van der Waals surface area contributed by atoms with Crippen molar-refractivity contribution in [2.75, 3.05) is 37.8 Å². The second-order valence-corrected chi connectivity index (χ2v) is 8.29. The molecule has 1 aliphatic rings. The summed E-state index contributed by atoms with van der Waals surface area (Å²) in [7, 11) is 0. The number of carbonyl (C=O) groups is 3. The fraction of sp³-hybridized carbons (Fsp3) is 0.370. The Morgan fingerprint density at radius 1 is 1.03 bits per heavy atom. The Kier molecular flexibility index (Phi) is 9.43. The van der Waals surface area contributed by atoms with Crippen LogP contribution in [-0.4, -0.2) is 55.8 Å². The third kappa shape index (κ3) is 7.42. The number of rotatable bonds is 11. The fourth-order valence-electron chi connectivity index (χ4n) is 3.74. The quantitative estimate of drug-likeness (QED) is 0.473. The SMILES string of the molecule is CCCCOCCOc1ccc(-c2ccc3c(c2)C=C(C(=O)O)CCN3C(=O)CNC(C)=O)cc1. The summed E-state index contributed by atoms with van der Waals surface area (Å²) in [6.45, 7) is 5.30. The first kappa shape index (κ1) is 26.0. The molecule has 1 aliphatic heterocycles. The van der Waals surface area contributed by atoms with Crippen molar-refractivity contribution in [3.63, 3.8) is 0 Å². The second kappa shape index (κ2) is 12.7. The van der Waals surface area contributed by atoms with Crippen LogP contribution in [0.25, 0.3) is 17.2 Å². The molecule has 0 saturated carbocycles. The topological polar surface area (TPSA) is 105 Å². The fourth-order valence-corrected chi connectivity index (χ4v) is 3.74. The summed E-state index contributed by atoms with van der Waals surface area (Å²) in [4.78, 5) is 37.2. The number of benzene rings is 2. The van der Waals surface area contributed by atoms with E-state index in [2.05, 4.69) is 12.2 Å². The van der Waals surface area contributed by atoms with Crippen LogP contribution in [0.1, 0.15) is 38.7 Å². The molecule has 1 heterocycles. The van der Waals surface area contributed by atoms with Gasteiger partial charge in [-0.1, -0.05) is 31.5 Å². The summed E-state index contributed by atoms with van der Waals surface area (Å²) in [6, 6.07) is 13.2. The van der Waals surface area contributed by atoms with E-state index in [-0.39, 0.29) is 36.9 Å². The number of fused-ring (bicyclic) bond motifs is 1. The lowest BCUT2D eigenvalue weighted by Gasteiger charge is -2.23. The summed E-state index contributed by atoms with van der Waals surface area (Å²) >= 11 is 0. The zero-order chi connectivity index (χ0) is 25.2. The number of aliphatic carboxylic acids is 1. The molecule has 0 unspecified atom stereocenters. The van der Waals surface area contributed by atoms with E-state index in [1.807, 2.05) is 42.5 Å². The minimum atomic E-state index is -1.02. The lowest BCUT2D eigenvalue weighted by atomic mass is 10.00. The smallest absolute Gasteiger partial charge is 0.331 e. The van der Waals surface area contributed by atoms with Gasteiger partial charge in [0.15, 0.2) is 0 Å². The first-order chi connectivity index (χ1) is 16.9. The predicted molar refractivity (Wildman–Crippen MR) is 134 cm³/mol. The molecule has 2 amide bonds. The van der Waals surface area contributed by atoms with Crippen LogP contribution in [0.4, 0.5) is 5.69 Å². The molecule has 0 atom stereocenters. The van der Waals surface area contributed by atoms with Gasteiger partial charge in [0, 0.05) is 25.6 Å². The van der Waals surface area contributed by atoms with E-state index >= 15 is 0 Å². The van der Waals surface area contributed by atoms with E-state index in [9.17, 15) is 19.5 Å². The second-order valence-electron chi connectivity index (χ2n) is 8.29. The van der Waals surface area contributed by atoms with E-state index in [1.165, 1.54) is 11.8 Å². The molecule has 35 heavy (non-hydrogen) atoms. The van der Waals surface area contributed by atoms with Crippen LogP contribution in [0, 0.1) is 0 Å². The highest BCUT2D eigenvalue weighted by Gasteiger charge is 2.24. The van der Waals surface area contributed by atoms with Crippen molar-refractivity contribution in [2.24, 2.45) is 0 Å². The van der Waals surface area contributed by atoms with Crippen LogP contribution in [0.3, 0.4) is 0 Å². The van der Waals surface area contributed by atoms with Gasteiger partial charge in [-0.3, -0.25) is 9.59 Å². The van der Waals surface area contributed by atoms with Crippen LogP contribution in [-0.2, 0) is 19.1 Å². The molecular formula is C27H32N2O6. The average molecular weight is 481 g/mol. The van der Waals surface area contributed by atoms with Gasteiger partial charge in [0.05, 0.1) is 18.8 Å². The molecule has 8 nitrogen and oxygen atoms in total. The van der Waals surface area contributed by atoms with Gasteiger partial charge in [-0.05, 0) is 59.9 Å².